The van der Waals surface area contributed by atoms with E-state index < -0.39 is 0 Å². The van der Waals surface area contributed by atoms with E-state index in [0.717, 1.165) is 36.5 Å². The molecule has 1 saturated heterocycles. The summed E-state index contributed by atoms with van der Waals surface area (Å²) >= 11 is 3.49. The number of thiophene rings is 1. The second kappa shape index (κ2) is 9.30. The third-order valence-electron chi connectivity index (χ3n) is 5.85. The zero-order chi connectivity index (χ0) is 21.0. The van der Waals surface area contributed by atoms with E-state index in [1.54, 1.807) is 22.7 Å². The summed E-state index contributed by atoms with van der Waals surface area (Å²) in [7, 11) is 0. The van der Waals surface area contributed by atoms with Crippen LogP contribution in [-0.2, 0) is 4.79 Å². The molecule has 1 fully saturated rings. The number of carbonyl (C=O) groups is 1. The lowest BCUT2D eigenvalue weighted by atomic mass is 9.98. The number of amides is 1. The van der Waals surface area contributed by atoms with E-state index >= 15 is 0 Å². The van der Waals surface area contributed by atoms with E-state index in [4.69, 9.17) is 4.98 Å². The van der Waals surface area contributed by atoms with Crippen molar-refractivity contribution in [3.63, 3.8) is 0 Å². The number of nitrogens with zero attached hydrogens (tertiary/aromatic N) is 2. The summed E-state index contributed by atoms with van der Waals surface area (Å²) in [5.74, 6) is 0.501. The van der Waals surface area contributed by atoms with Gasteiger partial charge in [-0.05, 0) is 42.0 Å². The molecule has 1 aliphatic rings. The Balaban J connectivity index is 1.26. The summed E-state index contributed by atoms with van der Waals surface area (Å²) in [4.78, 5) is 21.2. The number of rotatable bonds is 6. The number of aromatic nitrogens is 1. The molecule has 1 amide bonds. The van der Waals surface area contributed by atoms with Crippen molar-refractivity contribution in [3.05, 3.63) is 87.6 Å². The zero-order valence-corrected chi connectivity index (χ0v) is 18.9. The molecule has 0 radical (unpaired) electrons. The van der Waals surface area contributed by atoms with Gasteiger partial charge in [0.2, 0.25) is 5.91 Å². The fraction of sp³-hybridized carbons (Fsp3) is 0.280. The first-order valence-corrected chi connectivity index (χ1v) is 12.4. The minimum atomic E-state index is 0.0370. The first kappa shape index (κ1) is 20.4. The van der Waals surface area contributed by atoms with Crippen molar-refractivity contribution in [1.82, 2.24) is 15.2 Å². The van der Waals surface area contributed by atoms with Gasteiger partial charge in [0.05, 0.1) is 27.8 Å². The van der Waals surface area contributed by atoms with Crippen molar-refractivity contribution < 1.29 is 4.79 Å². The van der Waals surface area contributed by atoms with Gasteiger partial charge in [0.15, 0.2) is 0 Å². The van der Waals surface area contributed by atoms with Crippen molar-refractivity contribution in [3.8, 4) is 0 Å². The fourth-order valence-corrected chi connectivity index (χ4v) is 6.17. The van der Waals surface area contributed by atoms with Crippen LogP contribution in [0.3, 0.4) is 0 Å². The molecule has 5 rings (SSSR count). The molecule has 0 unspecified atom stereocenters. The minimum Gasteiger partial charge on any atom is -0.341 e. The lowest BCUT2D eigenvalue weighted by molar-refractivity contribution is -0.131. The number of likely N-dealkylation sites (tertiary alicyclic amines) is 1. The number of nitrogens with one attached hydrogen (secondary N) is 1. The summed E-state index contributed by atoms with van der Waals surface area (Å²) in [6.45, 7) is 1.93. The Morgan fingerprint density at radius 2 is 1.94 bits per heavy atom. The average Bonchev–Trinajstić information content (AvgIpc) is 3.50. The molecule has 158 valence electrons. The van der Waals surface area contributed by atoms with Crippen LogP contribution in [0.25, 0.3) is 10.2 Å². The van der Waals surface area contributed by atoms with Gasteiger partial charge in [0.25, 0.3) is 0 Å². The van der Waals surface area contributed by atoms with Gasteiger partial charge in [0, 0.05) is 23.9 Å². The smallest absolute Gasteiger partial charge is 0.236 e. The number of thiazole rings is 1. The maximum Gasteiger partial charge on any atom is 0.236 e. The van der Waals surface area contributed by atoms with Crippen molar-refractivity contribution >= 4 is 38.8 Å². The van der Waals surface area contributed by atoms with Crippen LogP contribution in [0.2, 0.25) is 0 Å². The summed E-state index contributed by atoms with van der Waals surface area (Å²) in [6, 6.07) is 22.9. The van der Waals surface area contributed by atoms with Crippen molar-refractivity contribution in [2.24, 2.45) is 0 Å². The van der Waals surface area contributed by atoms with Gasteiger partial charge in [-0.1, -0.05) is 48.5 Å². The van der Waals surface area contributed by atoms with Crippen LogP contribution >= 0.6 is 22.7 Å². The molecular weight excluding hydrogens is 422 g/mol. The highest BCUT2D eigenvalue weighted by Gasteiger charge is 2.27. The number of para-hydroxylation sites is 1. The summed E-state index contributed by atoms with van der Waals surface area (Å²) in [5, 5.41) is 6.76. The molecule has 1 aliphatic heterocycles. The van der Waals surface area contributed by atoms with E-state index in [1.165, 1.54) is 15.1 Å². The average molecular weight is 448 g/mol. The molecule has 0 aliphatic carbocycles. The molecule has 1 N–H and O–H groups in total. The monoisotopic (exact) mass is 447 g/mol. The highest BCUT2D eigenvalue weighted by Crippen LogP contribution is 2.33. The molecule has 0 bridgehead atoms. The van der Waals surface area contributed by atoms with Crippen molar-refractivity contribution in [1.29, 1.82) is 0 Å². The molecular formula is C25H25N3OS2. The number of hydrogen-bond donors (Lipinski definition) is 1. The van der Waals surface area contributed by atoms with Gasteiger partial charge in [-0.2, -0.15) is 0 Å². The Hall–Kier alpha value is -2.54. The Morgan fingerprint density at radius 3 is 2.74 bits per heavy atom. The first-order chi connectivity index (χ1) is 15.3. The standard InChI is InChI=1S/C25H25N3OS2/c29-23(16-26-24(22-13-7-15-30-22)18-8-2-1-3-9-18)28-14-6-10-19(17-28)25-27-20-11-4-5-12-21(20)31-25/h1-5,7-9,11-13,15,19,24,26H,6,10,14,16-17H2/t19-,24-/m1/s1. The van der Waals surface area contributed by atoms with E-state index in [-0.39, 0.29) is 11.9 Å². The molecule has 2 atom stereocenters. The lowest BCUT2D eigenvalue weighted by Crippen LogP contribution is -2.44. The molecule has 0 saturated carbocycles. The van der Waals surface area contributed by atoms with Crippen LogP contribution in [0.5, 0.6) is 0 Å². The Kier molecular flexibility index (Phi) is 6.11. The predicted octanol–water partition coefficient (Wildman–Crippen LogP) is 5.44. The normalized spacial score (nSPS) is 17.7. The van der Waals surface area contributed by atoms with Crippen LogP contribution in [-0.4, -0.2) is 35.4 Å². The Labute approximate surface area is 190 Å². The summed E-state index contributed by atoms with van der Waals surface area (Å²) in [5.41, 5.74) is 2.25. The molecule has 2 aromatic heterocycles. The summed E-state index contributed by atoms with van der Waals surface area (Å²) < 4.78 is 1.23. The van der Waals surface area contributed by atoms with Crippen LogP contribution in [0.4, 0.5) is 0 Å². The number of piperidine rings is 1. The maximum atomic E-state index is 13.1. The molecule has 2 aromatic carbocycles. The van der Waals surface area contributed by atoms with Crippen molar-refractivity contribution in [2.45, 2.75) is 24.8 Å². The summed E-state index contributed by atoms with van der Waals surface area (Å²) in [6.07, 6.45) is 2.12. The SMILES string of the molecule is O=C(CN[C@H](c1ccccc1)c1cccs1)N1CCC[C@@H](c2nc3ccccc3s2)C1. The third kappa shape index (κ3) is 4.56. The van der Waals surface area contributed by atoms with Gasteiger partial charge in [0.1, 0.15) is 0 Å². The topological polar surface area (TPSA) is 45.2 Å². The van der Waals surface area contributed by atoms with Crippen molar-refractivity contribution in [2.75, 3.05) is 19.6 Å². The van der Waals surface area contributed by atoms with E-state index in [1.807, 2.05) is 29.2 Å². The molecule has 4 nitrogen and oxygen atoms in total. The second-order valence-electron chi connectivity index (χ2n) is 7.94. The molecule has 3 heterocycles. The van der Waals surface area contributed by atoms with Gasteiger partial charge in [-0.3, -0.25) is 10.1 Å². The predicted molar refractivity (Wildman–Crippen MR) is 129 cm³/mol. The van der Waals surface area contributed by atoms with Crippen LogP contribution in [0.1, 0.15) is 40.2 Å². The van der Waals surface area contributed by atoms with Crippen LogP contribution < -0.4 is 5.32 Å². The maximum absolute atomic E-state index is 13.1. The first-order valence-electron chi connectivity index (χ1n) is 10.7. The highest BCUT2D eigenvalue weighted by atomic mass is 32.1. The lowest BCUT2D eigenvalue weighted by Gasteiger charge is -2.32. The quantitative estimate of drug-likeness (QED) is 0.428. The Bertz CT molecular complexity index is 1110. The van der Waals surface area contributed by atoms with Crippen LogP contribution in [0.15, 0.2) is 72.1 Å². The van der Waals surface area contributed by atoms with Gasteiger partial charge < -0.3 is 4.90 Å². The Morgan fingerprint density at radius 1 is 1.10 bits per heavy atom. The molecule has 31 heavy (non-hydrogen) atoms. The second-order valence-corrected chi connectivity index (χ2v) is 9.98. The molecule has 4 aromatic rings. The number of carbonyl (C=O) groups excluding carboxylic acids is 1. The van der Waals surface area contributed by atoms with Gasteiger partial charge >= 0.3 is 0 Å². The van der Waals surface area contributed by atoms with E-state index in [2.05, 4.69) is 53.2 Å². The number of hydrogen-bond acceptors (Lipinski definition) is 5. The number of benzene rings is 2. The highest BCUT2D eigenvalue weighted by molar-refractivity contribution is 7.18. The molecule has 6 heteroatoms. The fourth-order valence-electron chi connectivity index (χ4n) is 4.25. The van der Waals surface area contributed by atoms with E-state index in [0.29, 0.717) is 12.5 Å². The molecule has 0 spiro atoms. The minimum absolute atomic E-state index is 0.0370. The van der Waals surface area contributed by atoms with Crippen LogP contribution in [0, 0.1) is 0 Å². The van der Waals surface area contributed by atoms with E-state index in [9.17, 15) is 4.79 Å². The van der Waals surface area contributed by atoms with Gasteiger partial charge in [-0.15, -0.1) is 22.7 Å². The largest absolute Gasteiger partial charge is 0.341 e. The third-order valence-corrected chi connectivity index (χ3v) is 7.99. The van der Waals surface area contributed by atoms with Gasteiger partial charge in [-0.25, -0.2) is 4.98 Å². The zero-order valence-electron chi connectivity index (χ0n) is 17.2. The number of fused-ring (bicyclic) bond motifs is 1.